The van der Waals surface area contributed by atoms with Crippen molar-refractivity contribution in [1.29, 1.82) is 0 Å². The van der Waals surface area contributed by atoms with Crippen LogP contribution in [0.4, 0.5) is 0 Å². The molecule has 0 saturated carbocycles. The van der Waals surface area contributed by atoms with Crippen LogP contribution in [0.2, 0.25) is 0 Å². The van der Waals surface area contributed by atoms with Gasteiger partial charge < -0.3 is 11.0 Å². The fourth-order valence-electron chi connectivity index (χ4n) is 1.64. The third kappa shape index (κ3) is 2.08. The predicted molar refractivity (Wildman–Crippen MR) is 62.2 cm³/mol. The third-order valence-corrected chi connectivity index (χ3v) is 2.43. The summed E-state index contributed by atoms with van der Waals surface area (Å²) < 4.78 is 5.56. The maximum atomic E-state index is 9.69. The van der Waals surface area contributed by atoms with Gasteiger partial charge in [-0.3, -0.25) is 0 Å². The molecule has 3 rings (SSSR count). The summed E-state index contributed by atoms with van der Waals surface area (Å²) in [6, 6.07) is 14.5. The molecule has 0 unspecified atom stereocenters. The number of nitrogens with zero attached hydrogens (tertiary/aromatic N) is 1. The molecule has 0 amide bonds. The molecule has 2 aromatic carbocycles. The molecule has 1 aromatic heterocycles. The van der Waals surface area contributed by atoms with Crippen LogP contribution in [-0.2, 0) is 0 Å². The number of hydrogen-bond donors (Lipinski definition) is 1. The molecule has 0 fully saturated rings. The second kappa shape index (κ2) is 4.66. The number of aromatic hydroxyl groups is 1. The number of hydrogen-bond acceptors (Lipinski definition) is 3. The zero-order valence-corrected chi connectivity index (χ0v) is 9.42. The number of benzene rings is 2. The van der Waals surface area contributed by atoms with Crippen molar-refractivity contribution in [2.24, 2.45) is 0 Å². The zero-order chi connectivity index (χ0) is 11.0. The minimum absolute atomic E-state index is 0. The van der Waals surface area contributed by atoms with Crippen LogP contribution >= 0.6 is 0 Å². The van der Waals surface area contributed by atoms with E-state index in [0.717, 1.165) is 11.1 Å². The van der Waals surface area contributed by atoms with Crippen LogP contribution in [0.5, 0.6) is 5.75 Å². The molecule has 3 nitrogen and oxygen atoms in total. The van der Waals surface area contributed by atoms with Crippen molar-refractivity contribution < 1.29 is 29.8 Å². The van der Waals surface area contributed by atoms with Crippen LogP contribution in [0.3, 0.4) is 0 Å². The fourth-order valence-corrected chi connectivity index (χ4v) is 1.64. The van der Waals surface area contributed by atoms with E-state index in [4.69, 9.17) is 4.42 Å². The van der Waals surface area contributed by atoms with E-state index >= 15 is 0 Å². The molecule has 0 atom stereocenters. The number of phenols is 1. The largest absolute Gasteiger partial charge is 1.00 e. The van der Waals surface area contributed by atoms with Gasteiger partial charge in [0.1, 0.15) is 11.3 Å². The summed E-state index contributed by atoms with van der Waals surface area (Å²) in [6.45, 7) is 0. The zero-order valence-electron chi connectivity index (χ0n) is 10.4. The number of rotatable bonds is 1. The van der Waals surface area contributed by atoms with E-state index in [1.807, 2.05) is 30.3 Å². The van der Waals surface area contributed by atoms with E-state index < -0.39 is 0 Å². The van der Waals surface area contributed by atoms with Crippen molar-refractivity contribution >= 4 is 11.1 Å². The fraction of sp³-hybridized carbons (Fsp3) is 0. The maximum Gasteiger partial charge on any atom is 1.00 e. The molecule has 3 aromatic rings. The molecule has 0 aliphatic carbocycles. The van der Waals surface area contributed by atoms with Gasteiger partial charge in [0.05, 0.1) is 5.56 Å². The first kappa shape index (κ1) is 11.8. The summed E-state index contributed by atoms with van der Waals surface area (Å²) in [6.07, 6.45) is 0. The van der Waals surface area contributed by atoms with Crippen LogP contribution in [-0.4, -0.2) is 10.1 Å². The smallest absolute Gasteiger partial charge is 1.00 e. The Labute approximate surface area is 112 Å². The number of fused-ring (bicyclic) bond motifs is 1. The van der Waals surface area contributed by atoms with Gasteiger partial charge in [-0.25, -0.2) is 4.98 Å². The van der Waals surface area contributed by atoms with Crippen molar-refractivity contribution in [3.63, 3.8) is 0 Å². The van der Waals surface area contributed by atoms with Crippen LogP contribution in [0.1, 0.15) is 1.43 Å². The molecule has 0 radical (unpaired) electrons. The normalized spacial score (nSPS) is 10.1. The van der Waals surface area contributed by atoms with Crippen LogP contribution < -0.4 is 18.9 Å². The number of aromatic nitrogens is 1. The molecule has 80 valence electrons. The van der Waals surface area contributed by atoms with Gasteiger partial charge in [-0.05, 0) is 24.3 Å². The Kier molecular flexibility index (Phi) is 3.23. The predicted octanol–water partition coefficient (Wildman–Crippen LogP) is 0.317. The van der Waals surface area contributed by atoms with Crippen molar-refractivity contribution in [2.75, 3.05) is 0 Å². The van der Waals surface area contributed by atoms with Crippen molar-refractivity contribution in [2.45, 2.75) is 0 Å². The molecule has 0 spiro atoms. The number of oxazole rings is 1. The molecule has 0 aliphatic heterocycles. The van der Waals surface area contributed by atoms with Gasteiger partial charge in [-0.15, -0.1) is 0 Å². The van der Waals surface area contributed by atoms with E-state index in [2.05, 4.69) is 4.98 Å². The minimum Gasteiger partial charge on any atom is -1.00 e. The average Bonchev–Trinajstić information content (AvgIpc) is 2.73. The second-order valence-corrected chi connectivity index (χ2v) is 3.50. The molecule has 1 N–H and O–H groups in total. The summed E-state index contributed by atoms with van der Waals surface area (Å²) in [5, 5.41) is 9.69. The van der Waals surface area contributed by atoms with Crippen molar-refractivity contribution in [3.05, 3.63) is 48.5 Å². The van der Waals surface area contributed by atoms with Gasteiger partial charge in [0.2, 0.25) is 5.89 Å². The monoisotopic (exact) mass is 219 g/mol. The first-order valence-corrected chi connectivity index (χ1v) is 4.98. The van der Waals surface area contributed by atoms with E-state index in [-0.39, 0.29) is 26.0 Å². The quantitative estimate of drug-likeness (QED) is 0.599. The van der Waals surface area contributed by atoms with Crippen molar-refractivity contribution in [1.82, 2.24) is 4.98 Å². The maximum absolute atomic E-state index is 9.69. The van der Waals surface area contributed by atoms with Gasteiger partial charge >= 0.3 is 18.9 Å². The minimum atomic E-state index is 0. The topological polar surface area (TPSA) is 46.3 Å². The Hall–Kier alpha value is -1.69. The first-order valence-electron chi connectivity index (χ1n) is 4.98. The molecule has 4 heteroatoms. The van der Waals surface area contributed by atoms with Gasteiger partial charge in [-0.1, -0.05) is 24.3 Å². The summed E-state index contributed by atoms with van der Waals surface area (Å²) in [5.41, 5.74) is 2.13. The number of phenolic OH excluding ortho intramolecular Hbond substituents is 1. The molecule has 0 saturated heterocycles. The molecule has 17 heavy (non-hydrogen) atoms. The van der Waals surface area contributed by atoms with Gasteiger partial charge in [0.15, 0.2) is 5.58 Å². The molecular formula is C13H10LiNO2. The molecule has 0 bridgehead atoms. The Morgan fingerprint density at radius 2 is 1.71 bits per heavy atom. The second-order valence-electron chi connectivity index (χ2n) is 3.50. The van der Waals surface area contributed by atoms with Crippen LogP contribution in [0, 0.1) is 0 Å². The van der Waals surface area contributed by atoms with Crippen LogP contribution in [0.15, 0.2) is 52.9 Å². The summed E-state index contributed by atoms with van der Waals surface area (Å²) >= 11 is 0. The SMILES string of the molecule is Oc1ccccc1-c1nc2ccccc2o1.[H-].[Li+]. The third-order valence-electron chi connectivity index (χ3n) is 2.43. The van der Waals surface area contributed by atoms with Crippen LogP contribution in [0.25, 0.3) is 22.6 Å². The van der Waals surface area contributed by atoms with E-state index in [1.54, 1.807) is 18.2 Å². The Balaban J connectivity index is 0.000000810. The Morgan fingerprint density at radius 3 is 2.47 bits per heavy atom. The van der Waals surface area contributed by atoms with Gasteiger partial charge in [-0.2, -0.15) is 0 Å². The van der Waals surface area contributed by atoms with Gasteiger partial charge in [0.25, 0.3) is 0 Å². The standard InChI is InChI=1S/C13H9NO2.Li.H/c15-11-7-3-1-5-9(11)13-14-10-6-2-4-8-12(10)16-13;;/h1-8,15H;;/q;+1;-1. The van der Waals surface area contributed by atoms with E-state index in [1.165, 1.54) is 0 Å². The van der Waals surface area contributed by atoms with E-state index in [0.29, 0.717) is 11.5 Å². The molecule has 1 heterocycles. The van der Waals surface area contributed by atoms with E-state index in [9.17, 15) is 5.11 Å². The summed E-state index contributed by atoms with van der Waals surface area (Å²) in [7, 11) is 0. The number of para-hydroxylation sites is 3. The molecular weight excluding hydrogens is 209 g/mol. The van der Waals surface area contributed by atoms with Gasteiger partial charge in [0, 0.05) is 0 Å². The molecule has 0 aliphatic rings. The first-order chi connectivity index (χ1) is 7.84. The summed E-state index contributed by atoms with van der Waals surface area (Å²) in [5.74, 6) is 0.619. The Bertz CT molecular complexity index is 621. The average molecular weight is 219 g/mol. The Morgan fingerprint density at radius 1 is 1.00 bits per heavy atom. The summed E-state index contributed by atoms with van der Waals surface area (Å²) in [4.78, 5) is 4.32. The van der Waals surface area contributed by atoms with Crippen molar-refractivity contribution in [3.8, 4) is 17.2 Å².